The molecule has 2 aromatic rings. The Balaban J connectivity index is 1.60. The van der Waals surface area contributed by atoms with Crippen molar-refractivity contribution in [3.8, 4) is 5.75 Å². The zero-order chi connectivity index (χ0) is 22.8. The fourth-order valence-corrected chi connectivity index (χ4v) is 3.73. The number of carbonyl (C=O) groups excluding carboxylic acids is 1. The van der Waals surface area contributed by atoms with Crippen LogP contribution in [0.1, 0.15) is 36.7 Å². The van der Waals surface area contributed by atoms with Gasteiger partial charge in [-0.15, -0.1) is 0 Å². The number of guanidine groups is 1. The van der Waals surface area contributed by atoms with E-state index < -0.39 is 0 Å². The van der Waals surface area contributed by atoms with E-state index in [0.29, 0.717) is 32.8 Å². The van der Waals surface area contributed by atoms with Crippen molar-refractivity contribution in [2.24, 2.45) is 4.99 Å². The van der Waals surface area contributed by atoms with Gasteiger partial charge in [-0.05, 0) is 62.1 Å². The van der Waals surface area contributed by atoms with Gasteiger partial charge in [0.15, 0.2) is 5.96 Å². The summed E-state index contributed by atoms with van der Waals surface area (Å²) in [6.07, 6.45) is 3.91. The number of hydrogen-bond acceptors (Lipinski definition) is 5. The molecule has 32 heavy (non-hydrogen) atoms. The number of ether oxygens (including phenoxy) is 2. The molecule has 0 unspecified atom stereocenters. The summed E-state index contributed by atoms with van der Waals surface area (Å²) in [7, 11) is 1.67. The van der Waals surface area contributed by atoms with Gasteiger partial charge in [0.2, 0.25) is 0 Å². The lowest BCUT2D eigenvalue weighted by Crippen LogP contribution is -2.50. The molecule has 2 heterocycles. The van der Waals surface area contributed by atoms with Gasteiger partial charge in [0.1, 0.15) is 11.5 Å². The molecule has 0 saturated carbocycles. The highest BCUT2D eigenvalue weighted by Crippen LogP contribution is 2.17. The van der Waals surface area contributed by atoms with Gasteiger partial charge in [0, 0.05) is 32.1 Å². The molecular weight excluding hydrogens is 408 g/mol. The molecule has 1 aliphatic heterocycles. The third-order valence-corrected chi connectivity index (χ3v) is 5.37. The molecule has 0 aliphatic carbocycles. The average molecular weight is 443 g/mol. The topological polar surface area (TPSA) is 88.3 Å². The summed E-state index contributed by atoms with van der Waals surface area (Å²) in [5.74, 6) is 2.52. The van der Waals surface area contributed by atoms with E-state index in [4.69, 9.17) is 18.9 Å². The molecule has 0 bridgehead atoms. The molecule has 1 aliphatic rings. The molecule has 1 fully saturated rings. The van der Waals surface area contributed by atoms with E-state index in [1.807, 2.05) is 38.1 Å². The monoisotopic (exact) mass is 442 g/mol. The highest BCUT2D eigenvalue weighted by atomic mass is 16.6. The number of rotatable bonds is 8. The van der Waals surface area contributed by atoms with Crippen molar-refractivity contribution >= 4 is 12.1 Å². The minimum Gasteiger partial charge on any atom is -0.497 e. The summed E-state index contributed by atoms with van der Waals surface area (Å²) >= 11 is 0. The van der Waals surface area contributed by atoms with Crippen LogP contribution in [0.5, 0.6) is 5.75 Å². The van der Waals surface area contributed by atoms with Gasteiger partial charge in [-0.2, -0.15) is 0 Å². The van der Waals surface area contributed by atoms with Crippen molar-refractivity contribution in [1.29, 1.82) is 0 Å². The number of methoxy groups -OCH3 is 1. The lowest BCUT2D eigenvalue weighted by atomic mass is 10.1. The van der Waals surface area contributed by atoms with Crippen molar-refractivity contribution in [1.82, 2.24) is 15.5 Å². The van der Waals surface area contributed by atoms with Gasteiger partial charge >= 0.3 is 6.09 Å². The van der Waals surface area contributed by atoms with Crippen molar-refractivity contribution in [3.05, 3.63) is 53.5 Å². The number of carbonyl (C=O) groups is 1. The number of amides is 1. The number of aryl methyl sites for hydroxylation is 1. The molecule has 1 saturated heterocycles. The Morgan fingerprint density at radius 1 is 1.28 bits per heavy atom. The molecule has 2 N–H and O–H groups in total. The zero-order valence-electron chi connectivity index (χ0n) is 19.2. The molecule has 8 heteroatoms. The Morgan fingerprint density at radius 3 is 2.78 bits per heavy atom. The summed E-state index contributed by atoms with van der Waals surface area (Å²) in [5.41, 5.74) is 2.23. The van der Waals surface area contributed by atoms with Gasteiger partial charge in [-0.25, -0.2) is 9.79 Å². The Bertz CT molecular complexity index is 874. The highest BCUT2D eigenvalue weighted by molar-refractivity contribution is 5.80. The maximum atomic E-state index is 11.9. The summed E-state index contributed by atoms with van der Waals surface area (Å²) in [4.78, 5) is 18.5. The minimum atomic E-state index is -0.232. The normalized spacial score (nSPS) is 14.8. The number of hydrogen-bond donors (Lipinski definition) is 2. The van der Waals surface area contributed by atoms with Gasteiger partial charge in [-0.3, -0.25) is 0 Å². The number of likely N-dealkylation sites (tertiary alicyclic amines) is 1. The maximum absolute atomic E-state index is 11.9. The smallest absolute Gasteiger partial charge is 0.409 e. The van der Waals surface area contributed by atoms with E-state index in [1.165, 1.54) is 0 Å². The van der Waals surface area contributed by atoms with E-state index in [9.17, 15) is 4.79 Å². The van der Waals surface area contributed by atoms with Crippen LogP contribution < -0.4 is 15.4 Å². The predicted molar refractivity (Wildman–Crippen MR) is 124 cm³/mol. The van der Waals surface area contributed by atoms with Crippen molar-refractivity contribution in [2.75, 3.05) is 33.4 Å². The third-order valence-electron chi connectivity index (χ3n) is 5.37. The standard InChI is InChI=1S/C24H34N4O4/c1-4-31-24(29)28-11-8-20(9-12-28)27-23(25-10-7-21-6-5-13-32-21)26-17-19-14-18(2)15-22(16-19)30-3/h5-6,13-16,20H,4,7-12,17H2,1-3H3,(H2,25,26,27). The molecule has 0 radical (unpaired) electrons. The van der Waals surface area contributed by atoms with E-state index in [2.05, 4.69) is 16.7 Å². The van der Waals surface area contributed by atoms with Crippen LogP contribution in [0.4, 0.5) is 4.79 Å². The Kier molecular flexibility index (Phi) is 8.83. The number of nitrogens with one attached hydrogen (secondary N) is 2. The first-order valence-corrected chi connectivity index (χ1v) is 11.2. The second kappa shape index (κ2) is 12.0. The number of nitrogens with zero attached hydrogens (tertiary/aromatic N) is 2. The largest absolute Gasteiger partial charge is 0.497 e. The molecular formula is C24H34N4O4. The summed E-state index contributed by atoms with van der Waals surface area (Å²) < 4.78 is 15.9. The molecule has 1 amide bonds. The molecule has 174 valence electrons. The summed E-state index contributed by atoms with van der Waals surface area (Å²) in [6, 6.07) is 10.2. The molecule has 1 aromatic carbocycles. The van der Waals surface area contributed by atoms with Crippen LogP contribution in [0.15, 0.2) is 46.0 Å². The second-order valence-electron chi connectivity index (χ2n) is 7.88. The van der Waals surface area contributed by atoms with Crippen molar-refractivity contribution < 1.29 is 18.7 Å². The van der Waals surface area contributed by atoms with Gasteiger partial charge in [0.25, 0.3) is 0 Å². The molecule has 0 atom stereocenters. The van der Waals surface area contributed by atoms with Crippen LogP contribution in [0, 0.1) is 6.92 Å². The van der Waals surface area contributed by atoms with Crippen LogP contribution in [-0.2, 0) is 17.7 Å². The van der Waals surface area contributed by atoms with E-state index in [-0.39, 0.29) is 12.1 Å². The van der Waals surface area contributed by atoms with Gasteiger partial charge < -0.3 is 29.4 Å². The summed E-state index contributed by atoms with van der Waals surface area (Å²) in [5, 5.41) is 6.95. The molecule has 1 aromatic heterocycles. The maximum Gasteiger partial charge on any atom is 0.409 e. The van der Waals surface area contributed by atoms with Crippen LogP contribution in [0.3, 0.4) is 0 Å². The first-order valence-electron chi connectivity index (χ1n) is 11.2. The Labute approximate surface area is 190 Å². The molecule has 3 rings (SSSR count). The second-order valence-corrected chi connectivity index (χ2v) is 7.88. The van der Waals surface area contributed by atoms with Crippen molar-refractivity contribution in [2.45, 2.75) is 45.7 Å². The van der Waals surface area contributed by atoms with E-state index in [1.54, 1.807) is 18.3 Å². The Hall–Kier alpha value is -3.16. The van der Waals surface area contributed by atoms with E-state index >= 15 is 0 Å². The third kappa shape index (κ3) is 7.21. The van der Waals surface area contributed by atoms with Crippen LogP contribution in [0.2, 0.25) is 0 Å². The van der Waals surface area contributed by atoms with Crippen molar-refractivity contribution in [3.63, 3.8) is 0 Å². The molecule has 0 spiro atoms. The van der Waals surface area contributed by atoms with Gasteiger partial charge in [-0.1, -0.05) is 6.07 Å². The highest BCUT2D eigenvalue weighted by Gasteiger charge is 2.24. The molecule has 8 nitrogen and oxygen atoms in total. The summed E-state index contributed by atoms with van der Waals surface area (Å²) in [6.45, 7) is 6.86. The number of benzene rings is 1. The number of furan rings is 1. The quantitative estimate of drug-likeness (QED) is 0.481. The fraction of sp³-hybridized carbons (Fsp3) is 0.500. The number of aliphatic imine (C=N–C) groups is 1. The van der Waals surface area contributed by atoms with Crippen LogP contribution >= 0.6 is 0 Å². The first-order chi connectivity index (χ1) is 15.6. The zero-order valence-corrected chi connectivity index (χ0v) is 19.2. The van der Waals surface area contributed by atoms with Crippen LogP contribution in [-0.4, -0.2) is 56.3 Å². The first kappa shape index (κ1) is 23.5. The lowest BCUT2D eigenvalue weighted by molar-refractivity contribution is 0.0963. The van der Waals surface area contributed by atoms with Gasteiger partial charge in [0.05, 0.1) is 26.5 Å². The fourth-order valence-electron chi connectivity index (χ4n) is 3.73. The van der Waals surface area contributed by atoms with E-state index in [0.717, 1.165) is 47.9 Å². The lowest BCUT2D eigenvalue weighted by Gasteiger charge is -2.32. The SMILES string of the molecule is CCOC(=O)N1CCC(NC(=NCc2cc(C)cc(OC)c2)NCCc2ccco2)CC1. The predicted octanol–water partition coefficient (Wildman–Crippen LogP) is 3.50. The minimum absolute atomic E-state index is 0.232. The number of piperidine rings is 1. The Morgan fingerprint density at radius 2 is 2.09 bits per heavy atom. The average Bonchev–Trinajstić information content (AvgIpc) is 3.31. The van der Waals surface area contributed by atoms with Crippen LogP contribution in [0.25, 0.3) is 0 Å².